The fourth-order valence-electron chi connectivity index (χ4n) is 2.83. The number of hydrogen-bond acceptors (Lipinski definition) is 6. The van der Waals surface area contributed by atoms with E-state index in [0.717, 1.165) is 11.1 Å². The van der Waals surface area contributed by atoms with Gasteiger partial charge in [0, 0.05) is 5.56 Å². The van der Waals surface area contributed by atoms with Crippen molar-refractivity contribution < 1.29 is 14.1 Å². The molecule has 0 unspecified atom stereocenters. The molecule has 0 aliphatic carbocycles. The predicted molar refractivity (Wildman–Crippen MR) is 108 cm³/mol. The van der Waals surface area contributed by atoms with Gasteiger partial charge < -0.3 is 9.26 Å². The second kappa shape index (κ2) is 7.69. The fraction of sp³-hybridized carbons (Fsp3) is 0.100. The number of hydrogen-bond donors (Lipinski definition) is 0. The van der Waals surface area contributed by atoms with Crippen LogP contribution in [0.3, 0.4) is 0 Å². The lowest BCUT2D eigenvalue weighted by atomic mass is 10.1. The minimum atomic E-state index is -0.690. The normalized spacial score (nSPS) is 10.9. The van der Waals surface area contributed by atoms with E-state index in [0.29, 0.717) is 16.6 Å². The first-order chi connectivity index (χ1) is 14.0. The van der Waals surface area contributed by atoms with Gasteiger partial charge in [0.15, 0.2) is 5.69 Å². The summed E-state index contributed by atoms with van der Waals surface area (Å²) in [6.45, 7) is 1.97. The number of rotatable bonds is 4. The average molecular weight is 429 g/mol. The summed E-state index contributed by atoms with van der Waals surface area (Å²) in [5.41, 5.74) is 2.50. The van der Waals surface area contributed by atoms with E-state index in [2.05, 4.69) is 15.2 Å². The van der Waals surface area contributed by atoms with Gasteiger partial charge >= 0.3 is 5.97 Å². The van der Waals surface area contributed by atoms with Crippen LogP contribution in [-0.4, -0.2) is 33.0 Å². The monoisotopic (exact) mass is 428 g/mol. The molecule has 4 aromatic rings. The number of halogens is 2. The molecule has 2 heterocycles. The first kappa shape index (κ1) is 19.2. The van der Waals surface area contributed by atoms with Crippen LogP contribution in [0, 0.1) is 6.92 Å². The average Bonchev–Trinajstić information content (AvgIpc) is 3.32. The molecule has 2 aromatic heterocycles. The highest BCUT2D eigenvalue weighted by molar-refractivity contribution is 6.36. The van der Waals surface area contributed by atoms with E-state index in [1.165, 1.54) is 11.8 Å². The number of benzene rings is 2. The van der Waals surface area contributed by atoms with Gasteiger partial charge in [-0.15, -0.1) is 0 Å². The summed E-state index contributed by atoms with van der Waals surface area (Å²) in [6.07, 6.45) is 0. The van der Waals surface area contributed by atoms with E-state index in [1.54, 1.807) is 24.3 Å². The van der Waals surface area contributed by atoms with E-state index >= 15 is 0 Å². The Kier molecular flexibility index (Phi) is 5.08. The van der Waals surface area contributed by atoms with Crippen molar-refractivity contribution in [2.45, 2.75) is 6.92 Å². The molecule has 0 bridgehead atoms. The molecule has 146 valence electrons. The highest BCUT2D eigenvalue weighted by Crippen LogP contribution is 2.34. The third-order valence-electron chi connectivity index (χ3n) is 4.19. The number of aromatic nitrogens is 4. The number of carbonyl (C=O) groups is 1. The Morgan fingerprint density at radius 3 is 2.66 bits per heavy atom. The number of ether oxygens (including phenoxy) is 1. The van der Waals surface area contributed by atoms with Gasteiger partial charge in [0.25, 0.3) is 5.89 Å². The predicted octanol–water partition coefficient (Wildman–Crippen LogP) is 4.99. The van der Waals surface area contributed by atoms with Crippen LogP contribution in [0.5, 0.6) is 0 Å². The largest absolute Gasteiger partial charge is 0.464 e. The van der Waals surface area contributed by atoms with E-state index in [-0.39, 0.29) is 22.2 Å². The van der Waals surface area contributed by atoms with Crippen LogP contribution < -0.4 is 0 Å². The van der Waals surface area contributed by atoms with E-state index < -0.39 is 5.97 Å². The van der Waals surface area contributed by atoms with Gasteiger partial charge in [-0.3, -0.25) is 0 Å². The lowest BCUT2D eigenvalue weighted by Gasteiger charge is -2.06. The summed E-state index contributed by atoms with van der Waals surface area (Å²) in [7, 11) is 1.25. The Bertz CT molecular complexity index is 1220. The molecule has 0 radical (unpaired) electrons. The summed E-state index contributed by atoms with van der Waals surface area (Å²) in [5, 5.41) is 8.77. The summed E-state index contributed by atoms with van der Waals surface area (Å²) in [6, 6.07) is 14.6. The zero-order valence-electron chi connectivity index (χ0n) is 15.4. The maximum Gasteiger partial charge on any atom is 0.360 e. The van der Waals surface area contributed by atoms with Crippen LogP contribution >= 0.6 is 23.2 Å². The molecular weight excluding hydrogens is 415 g/mol. The van der Waals surface area contributed by atoms with Crippen LogP contribution in [0.15, 0.2) is 53.1 Å². The molecule has 9 heteroatoms. The highest BCUT2D eigenvalue weighted by atomic mass is 35.5. The number of methoxy groups -OCH3 is 1. The number of nitrogens with zero attached hydrogens (tertiary/aromatic N) is 4. The van der Waals surface area contributed by atoms with Crippen LogP contribution in [0.1, 0.15) is 16.1 Å². The molecule has 2 aromatic carbocycles. The summed E-state index contributed by atoms with van der Waals surface area (Å²) in [4.78, 5) is 16.6. The van der Waals surface area contributed by atoms with Crippen molar-refractivity contribution in [3.8, 4) is 28.7 Å². The number of carbonyl (C=O) groups excluding carboxylic acids is 1. The van der Waals surface area contributed by atoms with Crippen molar-refractivity contribution >= 4 is 29.2 Å². The molecule has 0 saturated carbocycles. The third kappa shape index (κ3) is 3.50. The Balaban J connectivity index is 1.90. The van der Waals surface area contributed by atoms with Crippen LogP contribution in [0.4, 0.5) is 0 Å². The minimum absolute atomic E-state index is 0.0355. The molecule has 4 rings (SSSR count). The molecular formula is C20H14Cl2N4O3. The van der Waals surface area contributed by atoms with Crippen molar-refractivity contribution in [1.29, 1.82) is 0 Å². The van der Waals surface area contributed by atoms with Crippen LogP contribution in [0.25, 0.3) is 28.7 Å². The highest BCUT2D eigenvalue weighted by Gasteiger charge is 2.28. The Hall–Kier alpha value is -3.16. The first-order valence-corrected chi connectivity index (χ1v) is 9.28. The number of aryl methyl sites for hydroxylation is 1. The minimum Gasteiger partial charge on any atom is -0.464 e. The van der Waals surface area contributed by atoms with Gasteiger partial charge in [-0.05, 0) is 31.2 Å². The van der Waals surface area contributed by atoms with Crippen molar-refractivity contribution in [3.63, 3.8) is 0 Å². The van der Waals surface area contributed by atoms with E-state index in [9.17, 15) is 4.79 Å². The Morgan fingerprint density at radius 1 is 1.14 bits per heavy atom. The molecule has 0 saturated heterocycles. The molecule has 7 nitrogen and oxygen atoms in total. The molecule has 0 amide bonds. The summed E-state index contributed by atoms with van der Waals surface area (Å²) >= 11 is 12.8. The van der Waals surface area contributed by atoms with Crippen molar-refractivity contribution in [2.75, 3.05) is 7.11 Å². The van der Waals surface area contributed by atoms with Gasteiger partial charge in [-0.1, -0.05) is 58.2 Å². The molecule has 0 fully saturated rings. The van der Waals surface area contributed by atoms with Crippen molar-refractivity contribution in [2.24, 2.45) is 0 Å². The SMILES string of the molecule is COC(=O)c1nn(-c2ccccc2Cl)c(-c2noc(-c3cccc(C)c3)n2)c1Cl. The number of para-hydroxylation sites is 1. The maximum absolute atomic E-state index is 12.1. The smallest absolute Gasteiger partial charge is 0.360 e. The maximum atomic E-state index is 12.1. The Labute approximate surface area is 175 Å². The van der Waals surface area contributed by atoms with Crippen LogP contribution in [-0.2, 0) is 4.74 Å². The second-order valence-electron chi connectivity index (χ2n) is 6.16. The van der Waals surface area contributed by atoms with Gasteiger partial charge in [-0.2, -0.15) is 10.1 Å². The number of esters is 1. The summed E-state index contributed by atoms with van der Waals surface area (Å²) < 4.78 is 11.6. The van der Waals surface area contributed by atoms with Gasteiger partial charge in [0.2, 0.25) is 5.82 Å². The zero-order valence-corrected chi connectivity index (χ0v) is 16.9. The molecule has 29 heavy (non-hydrogen) atoms. The molecule has 0 N–H and O–H groups in total. The Morgan fingerprint density at radius 2 is 1.93 bits per heavy atom. The van der Waals surface area contributed by atoms with Gasteiger partial charge in [0.05, 0.1) is 17.8 Å². The molecule has 0 spiro atoms. The van der Waals surface area contributed by atoms with Crippen molar-refractivity contribution in [1.82, 2.24) is 19.9 Å². The lowest BCUT2D eigenvalue weighted by Crippen LogP contribution is -2.05. The third-order valence-corrected chi connectivity index (χ3v) is 4.87. The van der Waals surface area contributed by atoms with Gasteiger partial charge in [-0.25, -0.2) is 9.48 Å². The standard InChI is InChI=1S/C20H14Cl2N4O3/c1-11-6-5-7-12(10-11)19-23-18(25-29-19)17-15(22)16(20(27)28-2)24-26(17)14-9-4-3-8-13(14)21/h3-10H,1-2H3. The molecule has 0 aliphatic heterocycles. The van der Waals surface area contributed by atoms with Crippen molar-refractivity contribution in [3.05, 3.63) is 69.8 Å². The topological polar surface area (TPSA) is 83.0 Å². The zero-order chi connectivity index (χ0) is 20.5. The van der Waals surface area contributed by atoms with E-state index in [1.807, 2.05) is 31.2 Å². The lowest BCUT2D eigenvalue weighted by molar-refractivity contribution is 0.0593. The first-order valence-electron chi connectivity index (χ1n) is 8.52. The molecule has 0 aliphatic rings. The second-order valence-corrected chi connectivity index (χ2v) is 6.94. The fourth-order valence-corrected chi connectivity index (χ4v) is 3.33. The van der Waals surface area contributed by atoms with E-state index in [4.69, 9.17) is 32.5 Å². The van der Waals surface area contributed by atoms with Crippen LogP contribution in [0.2, 0.25) is 10.0 Å². The quantitative estimate of drug-likeness (QED) is 0.425. The summed E-state index contributed by atoms with van der Waals surface area (Å²) in [5.74, 6) is -0.218. The molecule has 0 atom stereocenters. The van der Waals surface area contributed by atoms with Gasteiger partial charge in [0.1, 0.15) is 10.7 Å².